The normalized spacial score (nSPS) is 11.4. The van der Waals surface area contributed by atoms with Gasteiger partial charge in [0, 0.05) is 44.5 Å². The SMILES string of the molecule is CN=C(NCCc1nc(C)c(C)s1)NCCN(C)Cc1ccc(F)cc1.I. The summed E-state index contributed by atoms with van der Waals surface area (Å²) in [7, 11) is 3.82. The van der Waals surface area contributed by atoms with Crippen molar-refractivity contribution < 1.29 is 4.39 Å². The van der Waals surface area contributed by atoms with Gasteiger partial charge >= 0.3 is 0 Å². The average molecular weight is 505 g/mol. The zero-order chi connectivity index (χ0) is 18.9. The van der Waals surface area contributed by atoms with Crippen LogP contribution in [0.25, 0.3) is 0 Å². The van der Waals surface area contributed by atoms with Crippen LogP contribution in [0, 0.1) is 19.7 Å². The summed E-state index contributed by atoms with van der Waals surface area (Å²) in [4.78, 5) is 12.3. The Morgan fingerprint density at radius 1 is 1.19 bits per heavy atom. The number of aliphatic imine (C=N–C) groups is 1. The van der Waals surface area contributed by atoms with Gasteiger partial charge < -0.3 is 15.5 Å². The van der Waals surface area contributed by atoms with E-state index >= 15 is 0 Å². The fraction of sp³-hybridized carbons (Fsp3) is 0.474. The molecule has 5 nitrogen and oxygen atoms in total. The number of aryl methyl sites for hydroxylation is 2. The Balaban J connectivity index is 0.00000364. The van der Waals surface area contributed by atoms with E-state index in [1.807, 2.05) is 26.1 Å². The number of guanidine groups is 1. The van der Waals surface area contributed by atoms with Gasteiger partial charge in [0.25, 0.3) is 0 Å². The highest BCUT2D eigenvalue weighted by molar-refractivity contribution is 14.0. The molecule has 1 aromatic carbocycles. The van der Waals surface area contributed by atoms with Crippen LogP contribution in [0.2, 0.25) is 0 Å². The minimum atomic E-state index is -0.198. The third kappa shape index (κ3) is 8.52. The Labute approximate surface area is 182 Å². The van der Waals surface area contributed by atoms with Crippen molar-refractivity contribution in [3.63, 3.8) is 0 Å². The van der Waals surface area contributed by atoms with Crippen molar-refractivity contribution in [3.8, 4) is 0 Å². The van der Waals surface area contributed by atoms with E-state index < -0.39 is 0 Å². The first-order chi connectivity index (χ1) is 12.5. The molecule has 0 fully saturated rings. The molecule has 2 rings (SSSR count). The van der Waals surface area contributed by atoms with Gasteiger partial charge in [-0.1, -0.05) is 12.1 Å². The number of nitrogens with zero attached hydrogens (tertiary/aromatic N) is 3. The first kappa shape index (κ1) is 23.8. The Bertz CT molecular complexity index is 698. The van der Waals surface area contributed by atoms with Crippen molar-refractivity contribution in [2.45, 2.75) is 26.8 Å². The summed E-state index contributed by atoms with van der Waals surface area (Å²) in [5, 5.41) is 7.79. The predicted octanol–water partition coefficient (Wildman–Crippen LogP) is 3.36. The summed E-state index contributed by atoms with van der Waals surface area (Å²) in [5.41, 5.74) is 2.22. The summed E-state index contributed by atoms with van der Waals surface area (Å²) >= 11 is 1.76. The summed E-state index contributed by atoms with van der Waals surface area (Å²) < 4.78 is 12.9. The average Bonchev–Trinajstić information content (AvgIpc) is 2.93. The van der Waals surface area contributed by atoms with Crippen LogP contribution in [-0.2, 0) is 13.0 Å². The smallest absolute Gasteiger partial charge is 0.191 e. The lowest BCUT2D eigenvalue weighted by Gasteiger charge is -2.18. The Hall–Kier alpha value is -1.26. The van der Waals surface area contributed by atoms with Crippen molar-refractivity contribution in [2.24, 2.45) is 4.99 Å². The molecule has 0 aliphatic heterocycles. The maximum Gasteiger partial charge on any atom is 0.191 e. The van der Waals surface area contributed by atoms with Crippen molar-refractivity contribution in [1.82, 2.24) is 20.5 Å². The van der Waals surface area contributed by atoms with Crippen LogP contribution in [0.1, 0.15) is 21.1 Å². The molecule has 1 aromatic heterocycles. The molecule has 2 aromatic rings. The molecule has 0 spiro atoms. The van der Waals surface area contributed by atoms with Gasteiger partial charge in [-0.05, 0) is 38.6 Å². The van der Waals surface area contributed by atoms with Crippen LogP contribution in [0.3, 0.4) is 0 Å². The Morgan fingerprint density at radius 2 is 1.85 bits per heavy atom. The lowest BCUT2D eigenvalue weighted by atomic mass is 10.2. The molecule has 0 atom stereocenters. The second kappa shape index (κ2) is 12.2. The lowest BCUT2D eigenvalue weighted by molar-refractivity contribution is 0.331. The Morgan fingerprint density at radius 3 is 2.44 bits per heavy atom. The van der Waals surface area contributed by atoms with Gasteiger partial charge in [0.1, 0.15) is 5.82 Å². The number of hydrogen-bond acceptors (Lipinski definition) is 4. The van der Waals surface area contributed by atoms with Gasteiger partial charge in [0.15, 0.2) is 5.96 Å². The van der Waals surface area contributed by atoms with Crippen molar-refractivity contribution >= 4 is 41.3 Å². The number of aromatic nitrogens is 1. The molecule has 0 saturated carbocycles. The van der Waals surface area contributed by atoms with E-state index in [1.54, 1.807) is 18.4 Å². The maximum absolute atomic E-state index is 12.9. The van der Waals surface area contributed by atoms with Gasteiger partial charge in [-0.15, -0.1) is 35.3 Å². The number of nitrogens with one attached hydrogen (secondary N) is 2. The largest absolute Gasteiger partial charge is 0.356 e. The number of halogens is 2. The molecule has 1 heterocycles. The molecular weight excluding hydrogens is 476 g/mol. The number of hydrogen-bond donors (Lipinski definition) is 2. The quantitative estimate of drug-likeness (QED) is 0.328. The van der Waals surface area contributed by atoms with E-state index in [-0.39, 0.29) is 29.8 Å². The lowest BCUT2D eigenvalue weighted by Crippen LogP contribution is -2.41. The Kier molecular flexibility index (Phi) is 10.8. The number of likely N-dealkylation sites (N-methyl/N-ethyl adjacent to an activating group) is 1. The van der Waals surface area contributed by atoms with Gasteiger partial charge in [-0.25, -0.2) is 9.37 Å². The highest BCUT2D eigenvalue weighted by atomic mass is 127. The maximum atomic E-state index is 12.9. The second-order valence-corrected chi connectivity index (χ2v) is 7.58. The second-order valence-electron chi connectivity index (χ2n) is 6.29. The third-order valence-corrected chi connectivity index (χ3v) is 5.21. The molecule has 27 heavy (non-hydrogen) atoms. The molecule has 0 aliphatic carbocycles. The number of benzene rings is 1. The fourth-order valence-electron chi connectivity index (χ4n) is 2.50. The summed E-state index contributed by atoms with van der Waals surface area (Å²) in [6, 6.07) is 6.64. The number of rotatable bonds is 8. The first-order valence-corrected chi connectivity index (χ1v) is 9.60. The van der Waals surface area contributed by atoms with Crippen LogP contribution < -0.4 is 10.6 Å². The van der Waals surface area contributed by atoms with Crippen LogP contribution >= 0.6 is 35.3 Å². The molecule has 8 heteroatoms. The van der Waals surface area contributed by atoms with Crippen LogP contribution in [0.5, 0.6) is 0 Å². The first-order valence-electron chi connectivity index (χ1n) is 8.78. The summed E-state index contributed by atoms with van der Waals surface area (Å²) in [6.07, 6.45) is 0.893. The van der Waals surface area contributed by atoms with E-state index in [0.29, 0.717) is 0 Å². The predicted molar refractivity (Wildman–Crippen MR) is 123 cm³/mol. The zero-order valence-electron chi connectivity index (χ0n) is 16.4. The molecule has 0 amide bonds. The molecule has 0 unspecified atom stereocenters. The van der Waals surface area contributed by atoms with Crippen LogP contribution in [0.4, 0.5) is 4.39 Å². The molecule has 0 aliphatic rings. The third-order valence-electron chi connectivity index (χ3n) is 4.08. The molecule has 150 valence electrons. The molecule has 0 saturated heterocycles. The van der Waals surface area contributed by atoms with Crippen molar-refractivity contribution in [1.29, 1.82) is 0 Å². The van der Waals surface area contributed by atoms with Gasteiger partial charge in [-0.3, -0.25) is 4.99 Å². The summed E-state index contributed by atoms with van der Waals surface area (Å²) in [5.74, 6) is 0.598. The molecule has 0 radical (unpaired) electrons. The van der Waals surface area contributed by atoms with Crippen LogP contribution in [-0.4, -0.2) is 49.6 Å². The topological polar surface area (TPSA) is 52.6 Å². The molecule has 2 N–H and O–H groups in total. The van der Waals surface area contributed by atoms with Gasteiger partial charge in [0.05, 0.1) is 10.7 Å². The highest BCUT2D eigenvalue weighted by Gasteiger charge is 2.05. The van der Waals surface area contributed by atoms with Crippen molar-refractivity contribution in [2.75, 3.05) is 33.7 Å². The standard InChI is InChI=1S/C19H28FN5S.HI/c1-14-15(2)26-18(24-14)9-10-22-19(21-3)23-11-12-25(4)13-16-5-7-17(20)8-6-16;/h5-8H,9-13H2,1-4H3,(H2,21,22,23);1H. The van der Waals surface area contributed by atoms with E-state index in [9.17, 15) is 4.39 Å². The zero-order valence-corrected chi connectivity index (χ0v) is 19.5. The highest BCUT2D eigenvalue weighted by Crippen LogP contribution is 2.16. The molecular formula is C19H29FIN5S. The van der Waals surface area contributed by atoms with Crippen molar-refractivity contribution in [3.05, 3.63) is 51.2 Å². The van der Waals surface area contributed by atoms with Gasteiger partial charge in [0.2, 0.25) is 0 Å². The van der Waals surface area contributed by atoms with E-state index in [2.05, 4.69) is 32.4 Å². The fourth-order valence-corrected chi connectivity index (χ4v) is 3.43. The van der Waals surface area contributed by atoms with E-state index in [0.717, 1.165) is 54.8 Å². The monoisotopic (exact) mass is 505 g/mol. The van der Waals surface area contributed by atoms with Gasteiger partial charge in [-0.2, -0.15) is 0 Å². The number of thiazole rings is 1. The van der Waals surface area contributed by atoms with E-state index in [1.165, 1.54) is 17.0 Å². The summed E-state index contributed by atoms with van der Waals surface area (Å²) in [6.45, 7) is 7.39. The minimum absolute atomic E-state index is 0. The minimum Gasteiger partial charge on any atom is -0.356 e. The van der Waals surface area contributed by atoms with Crippen LogP contribution in [0.15, 0.2) is 29.3 Å². The van der Waals surface area contributed by atoms with E-state index in [4.69, 9.17) is 0 Å². The molecule has 0 bridgehead atoms.